The number of ether oxygens (including phenoxy) is 2. The van der Waals surface area contributed by atoms with Gasteiger partial charge in [-0.25, -0.2) is 4.98 Å². The molecule has 0 aromatic carbocycles. The Morgan fingerprint density at radius 2 is 2.09 bits per heavy atom. The van der Waals surface area contributed by atoms with Crippen LogP contribution in [0.15, 0.2) is 12.1 Å². The minimum atomic E-state index is -0.850. The molecule has 0 bridgehead atoms. The maximum absolute atomic E-state index is 12.6. The Morgan fingerprint density at radius 1 is 1.39 bits per heavy atom. The third-order valence-corrected chi connectivity index (χ3v) is 3.78. The van der Waals surface area contributed by atoms with Crippen molar-refractivity contribution in [3.8, 4) is 5.88 Å². The van der Waals surface area contributed by atoms with E-state index in [1.165, 1.54) is 0 Å². The number of carbonyl (C=O) groups is 1. The quantitative estimate of drug-likeness (QED) is 0.699. The second-order valence-corrected chi connectivity index (χ2v) is 6.47. The number of aryl methyl sites for hydroxylation is 1. The lowest BCUT2D eigenvalue weighted by Crippen LogP contribution is -2.43. The van der Waals surface area contributed by atoms with Crippen LogP contribution in [0.4, 0.5) is 5.69 Å². The minimum absolute atomic E-state index is 0.154. The van der Waals surface area contributed by atoms with Crippen molar-refractivity contribution >= 4 is 11.6 Å². The lowest BCUT2D eigenvalue weighted by Gasteiger charge is -2.28. The first kappa shape index (κ1) is 19.4. The van der Waals surface area contributed by atoms with E-state index in [-0.39, 0.29) is 5.91 Å². The molecule has 0 aliphatic carbocycles. The molecular formula is C18H30N2O3. The van der Waals surface area contributed by atoms with Crippen LogP contribution in [0.1, 0.15) is 52.7 Å². The van der Waals surface area contributed by atoms with Crippen molar-refractivity contribution in [1.82, 2.24) is 4.98 Å². The van der Waals surface area contributed by atoms with Crippen LogP contribution in [-0.2, 0) is 9.53 Å². The second-order valence-electron chi connectivity index (χ2n) is 6.47. The number of nitrogens with one attached hydrogen (secondary N) is 1. The number of aromatic nitrogens is 1. The van der Waals surface area contributed by atoms with Crippen LogP contribution in [0.5, 0.6) is 5.88 Å². The molecule has 0 spiro atoms. The summed E-state index contributed by atoms with van der Waals surface area (Å²) in [5.74, 6) is 0.795. The molecule has 0 unspecified atom stereocenters. The van der Waals surface area contributed by atoms with E-state index in [0.717, 1.165) is 18.5 Å². The Balaban J connectivity index is 2.78. The molecule has 0 radical (unpaired) electrons. The average molecular weight is 322 g/mol. The Kier molecular flexibility index (Phi) is 7.49. The summed E-state index contributed by atoms with van der Waals surface area (Å²) in [5.41, 5.74) is 0.567. The number of amides is 1. The molecule has 1 heterocycles. The zero-order valence-electron chi connectivity index (χ0n) is 15.2. The van der Waals surface area contributed by atoms with Crippen molar-refractivity contribution in [2.45, 2.75) is 59.5 Å². The summed E-state index contributed by atoms with van der Waals surface area (Å²) in [7, 11) is 1.57. The van der Waals surface area contributed by atoms with Gasteiger partial charge in [-0.1, -0.05) is 27.2 Å². The summed E-state index contributed by atoms with van der Waals surface area (Å²) in [6.45, 7) is 10.6. The highest BCUT2D eigenvalue weighted by Gasteiger charge is 2.34. The minimum Gasteiger partial charge on any atom is -0.478 e. The predicted octanol–water partition coefficient (Wildman–Crippen LogP) is 3.96. The van der Waals surface area contributed by atoms with E-state index in [0.29, 0.717) is 30.5 Å². The predicted molar refractivity (Wildman–Crippen MR) is 92.9 cm³/mol. The number of anilines is 1. The highest BCUT2D eigenvalue weighted by molar-refractivity contribution is 5.97. The third-order valence-electron chi connectivity index (χ3n) is 3.78. The van der Waals surface area contributed by atoms with E-state index in [1.54, 1.807) is 13.2 Å². The van der Waals surface area contributed by atoms with Gasteiger partial charge in [0.1, 0.15) is 5.60 Å². The van der Waals surface area contributed by atoms with Crippen LogP contribution in [0.25, 0.3) is 0 Å². The summed E-state index contributed by atoms with van der Waals surface area (Å²) >= 11 is 0. The Hall–Kier alpha value is -1.62. The normalized spacial score (nSPS) is 13.7. The van der Waals surface area contributed by atoms with Gasteiger partial charge in [0.05, 0.1) is 18.0 Å². The largest absolute Gasteiger partial charge is 0.478 e. The molecule has 1 amide bonds. The van der Waals surface area contributed by atoms with Crippen molar-refractivity contribution in [2.24, 2.45) is 5.92 Å². The van der Waals surface area contributed by atoms with Crippen LogP contribution in [-0.4, -0.2) is 30.2 Å². The molecular weight excluding hydrogens is 292 g/mol. The fraction of sp³-hybridized carbons (Fsp3) is 0.667. The molecule has 23 heavy (non-hydrogen) atoms. The van der Waals surface area contributed by atoms with Crippen molar-refractivity contribution in [1.29, 1.82) is 0 Å². The maximum atomic E-state index is 12.6. The molecule has 0 aliphatic rings. The van der Waals surface area contributed by atoms with Gasteiger partial charge in [-0.2, -0.15) is 0 Å². The van der Waals surface area contributed by atoms with Crippen LogP contribution in [0.2, 0.25) is 0 Å². The van der Waals surface area contributed by atoms with E-state index >= 15 is 0 Å². The van der Waals surface area contributed by atoms with E-state index in [4.69, 9.17) is 9.47 Å². The van der Waals surface area contributed by atoms with Gasteiger partial charge in [0, 0.05) is 13.2 Å². The first-order valence-electron chi connectivity index (χ1n) is 8.29. The number of methoxy groups -OCH3 is 1. The number of nitrogens with zero attached hydrogens (tertiary/aromatic N) is 1. The van der Waals surface area contributed by atoms with Crippen molar-refractivity contribution < 1.29 is 14.3 Å². The van der Waals surface area contributed by atoms with Crippen LogP contribution in [0, 0.1) is 12.8 Å². The summed E-state index contributed by atoms with van der Waals surface area (Å²) in [4.78, 5) is 16.9. The Bertz CT molecular complexity index is 517. The summed E-state index contributed by atoms with van der Waals surface area (Å²) in [6, 6.07) is 3.61. The fourth-order valence-corrected chi connectivity index (χ4v) is 2.37. The molecule has 130 valence electrons. The SMILES string of the molecule is CCCCOc1ccc(NC(=O)[C@](C)(CC(C)C)OC)c(C)n1. The van der Waals surface area contributed by atoms with Crippen LogP contribution < -0.4 is 10.1 Å². The highest BCUT2D eigenvalue weighted by Crippen LogP contribution is 2.24. The zero-order chi connectivity index (χ0) is 17.5. The second kappa shape index (κ2) is 8.87. The number of rotatable bonds is 9. The number of unbranched alkanes of at least 4 members (excludes halogenated alkanes) is 1. The van der Waals surface area contributed by atoms with Gasteiger partial charge >= 0.3 is 0 Å². The lowest BCUT2D eigenvalue weighted by molar-refractivity contribution is -0.137. The van der Waals surface area contributed by atoms with Gasteiger partial charge in [-0.15, -0.1) is 0 Å². The van der Waals surface area contributed by atoms with E-state index in [1.807, 2.05) is 19.9 Å². The summed E-state index contributed by atoms with van der Waals surface area (Å²) in [6.07, 6.45) is 2.74. The number of hydrogen-bond donors (Lipinski definition) is 1. The number of carbonyl (C=O) groups excluding carboxylic acids is 1. The van der Waals surface area contributed by atoms with Gasteiger partial charge in [0.25, 0.3) is 5.91 Å². The molecule has 0 aliphatic heterocycles. The van der Waals surface area contributed by atoms with Gasteiger partial charge in [-0.3, -0.25) is 4.79 Å². The molecule has 0 saturated heterocycles. The summed E-state index contributed by atoms with van der Waals surface area (Å²) in [5, 5.41) is 2.92. The van der Waals surface area contributed by atoms with Gasteiger partial charge < -0.3 is 14.8 Å². The van der Waals surface area contributed by atoms with Gasteiger partial charge in [-0.05, 0) is 38.7 Å². The molecule has 1 N–H and O–H groups in total. The van der Waals surface area contributed by atoms with Crippen molar-refractivity contribution in [2.75, 3.05) is 19.0 Å². The highest BCUT2D eigenvalue weighted by atomic mass is 16.5. The molecule has 0 saturated carbocycles. The average Bonchev–Trinajstić information content (AvgIpc) is 2.49. The standard InChI is InChI=1S/C18H30N2O3/c1-7-8-11-23-16-10-9-15(14(4)19-16)20-17(21)18(5,22-6)12-13(2)3/h9-10,13H,7-8,11-12H2,1-6H3,(H,20,21)/t18-/m0/s1. The van der Waals surface area contributed by atoms with Gasteiger partial charge in [0.15, 0.2) is 0 Å². The van der Waals surface area contributed by atoms with Crippen molar-refractivity contribution in [3.63, 3.8) is 0 Å². The monoisotopic (exact) mass is 322 g/mol. The van der Waals surface area contributed by atoms with Crippen molar-refractivity contribution in [3.05, 3.63) is 17.8 Å². The molecule has 1 rings (SSSR count). The molecule has 5 nitrogen and oxygen atoms in total. The van der Waals surface area contributed by atoms with Crippen LogP contribution >= 0.6 is 0 Å². The molecule has 0 fully saturated rings. The van der Waals surface area contributed by atoms with Gasteiger partial charge in [0.2, 0.25) is 5.88 Å². The molecule has 1 aromatic rings. The Labute approximate surface area is 139 Å². The first-order valence-corrected chi connectivity index (χ1v) is 8.29. The topological polar surface area (TPSA) is 60.5 Å². The molecule has 1 atom stereocenters. The van der Waals surface area contributed by atoms with E-state index in [2.05, 4.69) is 31.1 Å². The number of pyridine rings is 1. The third kappa shape index (κ3) is 5.82. The van der Waals surface area contributed by atoms with E-state index in [9.17, 15) is 4.79 Å². The molecule has 1 aromatic heterocycles. The zero-order valence-corrected chi connectivity index (χ0v) is 15.2. The fourth-order valence-electron chi connectivity index (χ4n) is 2.37. The first-order chi connectivity index (χ1) is 10.8. The smallest absolute Gasteiger partial charge is 0.256 e. The number of hydrogen-bond acceptors (Lipinski definition) is 4. The maximum Gasteiger partial charge on any atom is 0.256 e. The Morgan fingerprint density at radius 3 is 2.61 bits per heavy atom. The lowest BCUT2D eigenvalue weighted by atomic mass is 9.93. The van der Waals surface area contributed by atoms with E-state index < -0.39 is 5.60 Å². The summed E-state index contributed by atoms with van der Waals surface area (Å²) < 4.78 is 11.0. The molecule has 5 heteroatoms. The van der Waals surface area contributed by atoms with Crippen LogP contribution in [0.3, 0.4) is 0 Å².